The van der Waals surface area contributed by atoms with E-state index in [4.69, 9.17) is 70.3 Å². The number of aromatic nitrogens is 19. The van der Waals surface area contributed by atoms with E-state index in [0.29, 0.717) is 83.1 Å². The Bertz CT molecular complexity index is 5070. The molecule has 2 aliphatic carbocycles. The van der Waals surface area contributed by atoms with E-state index in [0.717, 1.165) is 55.2 Å². The molecule has 0 spiro atoms. The van der Waals surface area contributed by atoms with Gasteiger partial charge >= 0.3 is 14.2 Å². The lowest BCUT2D eigenvalue weighted by atomic mass is 9.80. The summed E-state index contributed by atoms with van der Waals surface area (Å²) in [7, 11) is 8.61. The molecule has 2 aliphatic heterocycles. The molecule has 2 saturated heterocycles. The van der Waals surface area contributed by atoms with Gasteiger partial charge in [0.1, 0.15) is 40.7 Å². The summed E-state index contributed by atoms with van der Waals surface area (Å²) in [6.45, 7) is 30.6. The second kappa shape index (κ2) is 36.0. The van der Waals surface area contributed by atoms with Crippen LogP contribution in [-0.2, 0) is 47.0 Å². The summed E-state index contributed by atoms with van der Waals surface area (Å²) in [4.78, 5) is 58.7. The van der Waals surface area contributed by atoms with Gasteiger partial charge in [-0.3, -0.25) is 14.2 Å². The molecule has 576 valence electrons. The highest BCUT2D eigenvalue weighted by atomic mass is 79.9. The smallest absolute Gasteiger partial charge is 0.399 e. The van der Waals surface area contributed by atoms with Crippen molar-refractivity contribution in [1.29, 1.82) is 0 Å². The van der Waals surface area contributed by atoms with Crippen LogP contribution >= 0.6 is 79.6 Å². The maximum absolute atomic E-state index is 10.0. The maximum atomic E-state index is 10.0. The predicted molar refractivity (Wildman–Crippen MR) is 427 cm³/mol. The van der Waals surface area contributed by atoms with E-state index in [1.54, 1.807) is 68.4 Å². The molecule has 2 saturated carbocycles. The van der Waals surface area contributed by atoms with Crippen LogP contribution in [0.5, 0.6) is 0 Å². The fraction of sp³-hybridized carbons (Fsp3) is 0.414. The van der Waals surface area contributed by atoms with E-state index in [2.05, 4.69) is 177 Å². The first-order valence-corrected chi connectivity index (χ1v) is 37.2. The van der Waals surface area contributed by atoms with E-state index >= 15 is 0 Å². The van der Waals surface area contributed by atoms with Crippen LogP contribution in [0, 0.1) is 13.1 Å². The monoisotopic (exact) mass is 1810 g/mol. The van der Waals surface area contributed by atoms with Gasteiger partial charge in [-0.2, -0.15) is 15.3 Å². The summed E-state index contributed by atoms with van der Waals surface area (Å²) in [5, 5.41) is 13.5. The van der Waals surface area contributed by atoms with Crippen LogP contribution in [0.2, 0.25) is 0 Å². The second-order valence-electron chi connectivity index (χ2n) is 26.4. The molecular weight excluding hydrogens is 1730 g/mol. The van der Waals surface area contributed by atoms with Crippen LogP contribution < -0.4 is 11.1 Å². The summed E-state index contributed by atoms with van der Waals surface area (Å²) in [6, 6.07) is 16.5. The SMILES string of the molecule is C.C.CC1(C)OB(c2ccn(C3CC3)n2)OC1(C)C.COC(OC)c1nc(-c2ccc3ncnn3c2)c(-c2ccn(C3CC3)n2)[nH]1.COC(OC)c1nc(Br)c(Br)[nH]1.O=Cc1nc(Br)c(Br)[nH]1.[C-]#[N+]c1cnc2ccc(-c3nc(C(OC)OC)[nH]c3Br)cn12.[C-]#[N+]c1cnc2ccc(B3OC(C)(C)C(C)(C)O3)cn12. The fourth-order valence-electron chi connectivity index (χ4n) is 10.7. The van der Waals surface area contributed by atoms with Gasteiger partial charge < -0.3 is 76.7 Å². The number of hydrogen-bond donors (Lipinski definition) is 4. The molecule has 12 aromatic rings. The molecule has 39 heteroatoms. The minimum atomic E-state index is -0.585. The Hall–Kier alpha value is -7.96. The quantitative estimate of drug-likeness (QED) is 0.0285. The van der Waals surface area contributed by atoms with Crippen molar-refractivity contribution in [2.75, 3.05) is 42.7 Å². The average molecular weight is 1820 g/mol. The molecule has 4 fully saturated rings. The van der Waals surface area contributed by atoms with Gasteiger partial charge in [0.15, 0.2) is 35.2 Å². The summed E-state index contributed by atoms with van der Waals surface area (Å²) in [5.41, 5.74) is 7.57. The van der Waals surface area contributed by atoms with Gasteiger partial charge in [0.25, 0.3) is 11.6 Å². The Morgan fingerprint density at radius 2 is 0.991 bits per heavy atom. The number of rotatable bonds is 17. The van der Waals surface area contributed by atoms with Crippen LogP contribution in [0.4, 0.5) is 11.6 Å². The van der Waals surface area contributed by atoms with Crippen molar-refractivity contribution < 1.29 is 51.8 Å². The van der Waals surface area contributed by atoms with Gasteiger partial charge in [0, 0.05) is 90.0 Å². The Labute approximate surface area is 672 Å². The van der Waals surface area contributed by atoms with Gasteiger partial charge in [0.05, 0.1) is 76.3 Å². The molecule has 16 rings (SSSR count). The number of H-pyrrole nitrogens is 4. The lowest BCUT2D eigenvalue weighted by Crippen LogP contribution is -2.41. The van der Waals surface area contributed by atoms with Crippen molar-refractivity contribution in [3.63, 3.8) is 0 Å². The van der Waals surface area contributed by atoms with Crippen molar-refractivity contribution in [2.45, 2.75) is 149 Å². The third kappa shape index (κ3) is 19.3. The first kappa shape index (κ1) is 85.0. The zero-order valence-electron chi connectivity index (χ0n) is 60.7. The van der Waals surface area contributed by atoms with E-state index in [9.17, 15) is 4.79 Å². The highest BCUT2D eigenvalue weighted by Gasteiger charge is 2.54. The van der Waals surface area contributed by atoms with E-state index in [-0.39, 0.29) is 44.4 Å². The minimum absolute atomic E-state index is 0. The number of aromatic amines is 4. The molecule has 14 heterocycles. The number of ether oxygens (including phenoxy) is 6. The number of imidazole rings is 6. The molecule has 4 aliphatic rings. The third-order valence-electron chi connectivity index (χ3n) is 18.1. The normalized spacial score (nSPS) is 15.7. The van der Waals surface area contributed by atoms with Crippen molar-refractivity contribution in [3.8, 4) is 33.9 Å². The molecule has 0 radical (unpaired) electrons. The molecular formula is C70H84B2Br5N21O11. The van der Waals surface area contributed by atoms with Crippen molar-refractivity contribution in [1.82, 2.24) is 92.8 Å². The predicted octanol–water partition coefficient (Wildman–Crippen LogP) is 14.9. The number of pyridine rings is 3. The Morgan fingerprint density at radius 3 is 1.49 bits per heavy atom. The molecule has 0 aromatic carbocycles. The average Bonchev–Trinajstić information content (AvgIpc) is 1.62. The molecule has 109 heavy (non-hydrogen) atoms. The largest absolute Gasteiger partial charge is 0.516 e. The highest BCUT2D eigenvalue weighted by molar-refractivity contribution is 9.13. The zero-order chi connectivity index (χ0) is 76.9. The number of methoxy groups -OCH3 is 6. The maximum Gasteiger partial charge on any atom is 0.516 e. The number of aldehydes is 1. The van der Waals surface area contributed by atoms with E-state index < -0.39 is 26.0 Å². The third-order valence-corrected chi connectivity index (χ3v) is 22.1. The summed E-state index contributed by atoms with van der Waals surface area (Å²) in [5.74, 6) is 3.02. The van der Waals surface area contributed by atoms with Gasteiger partial charge in [0.2, 0.25) is 30.2 Å². The van der Waals surface area contributed by atoms with Crippen LogP contribution in [-0.4, -0.2) is 178 Å². The summed E-state index contributed by atoms with van der Waals surface area (Å²) >= 11 is 16.2. The lowest BCUT2D eigenvalue weighted by molar-refractivity contribution is -0.111. The van der Waals surface area contributed by atoms with Gasteiger partial charge in [-0.25, -0.2) is 48.2 Å². The number of nitrogens with one attached hydrogen (secondary N) is 4. The van der Waals surface area contributed by atoms with Gasteiger partial charge in [-0.1, -0.05) is 34.1 Å². The second-order valence-corrected chi connectivity index (χ2v) is 30.3. The molecule has 0 bridgehead atoms. The van der Waals surface area contributed by atoms with Gasteiger partial charge in [-0.05, 0) is 191 Å². The molecule has 0 amide bonds. The van der Waals surface area contributed by atoms with Crippen molar-refractivity contribution in [3.05, 3.63) is 167 Å². The molecule has 12 aromatic heterocycles. The Balaban J connectivity index is 0.000000155. The number of halogens is 5. The highest BCUT2D eigenvalue weighted by Crippen LogP contribution is 2.41. The van der Waals surface area contributed by atoms with E-state index in [1.807, 2.05) is 117 Å². The Kier molecular flexibility index (Phi) is 28.1. The molecule has 32 nitrogen and oxygen atoms in total. The van der Waals surface area contributed by atoms with Crippen molar-refractivity contribution in [2.24, 2.45) is 0 Å². The number of carbonyl (C=O) groups is 1. The first-order valence-electron chi connectivity index (χ1n) is 33.2. The van der Waals surface area contributed by atoms with Crippen LogP contribution in [0.25, 0.3) is 60.5 Å². The minimum Gasteiger partial charge on any atom is -0.399 e. The summed E-state index contributed by atoms with van der Waals surface area (Å²) < 4.78 is 67.8. The number of hydrogen-bond acceptors (Lipinski definition) is 21. The van der Waals surface area contributed by atoms with Gasteiger partial charge in [-0.15, -0.1) is 0 Å². The number of carbonyl (C=O) groups excluding carboxylic acids is 1. The zero-order valence-corrected chi connectivity index (χ0v) is 68.6. The standard InChI is InChI=1S/C18H19N7O2.C14H16BN3O2.C14H12BrN5O2.C12H19BN2O2.C6H8Br2N2O2.C4H2Br2N2O.2CH4/c1-26-18(27-2)17-21-15(11-3-6-14-19-10-20-25(14)9-11)16(22-17)13-7-8-24(23-13)12-4-5-12;1-13(2)14(3,4)20-15(19-13)10-6-7-11-17-8-12(16-5)18(11)9-10;1-16-10-6-17-9-5-4-8(7-20(9)10)11-12(15)19-13(18-11)14(21-2)22-3;1-11(2)12(3,4)17-13(16-11)10-7-8-15(14-10)9-5-6-9;1-11-6(12-2)5-9-3(7)4(8)10-5;5-3-4(6)8-2(1-9)7-3;;/h3,6-10,12,18H,4-5H2,1-2H3,(H,21,22);6-9H,1-4H3;4-7,14H,2-3H3,(H,18,19);7-9H,5-6H2,1-4H3;6H,1-2H3,(H,9,10);1H,(H,7,8);2*1H4. The number of nitrogens with zero attached hydrogens (tertiary/aromatic N) is 17. The molecule has 0 atom stereocenters. The topological polar surface area (TPSA) is 333 Å². The lowest BCUT2D eigenvalue weighted by Gasteiger charge is -2.32. The first-order chi connectivity index (χ1) is 51.1. The fourth-order valence-corrected chi connectivity index (χ4v) is 12.4. The molecule has 0 unspecified atom stereocenters. The van der Waals surface area contributed by atoms with Crippen LogP contribution in [0.15, 0.2) is 121 Å². The van der Waals surface area contributed by atoms with E-state index in [1.165, 1.54) is 32.0 Å². The van der Waals surface area contributed by atoms with Crippen LogP contribution in [0.1, 0.15) is 155 Å². The number of fused-ring (bicyclic) bond motifs is 3. The Morgan fingerprint density at radius 1 is 0.532 bits per heavy atom. The van der Waals surface area contributed by atoms with Crippen molar-refractivity contribution >= 4 is 140 Å². The summed E-state index contributed by atoms with van der Waals surface area (Å²) in [6.07, 6.45) is 18.2. The van der Waals surface area contributed by atoms with Crippen LogP contribution in [0.3, 0.4) is 0 Å². The molecule has 4 N–H and O–H groups in total.